The van der Waals surface area contributed by atoms with Crippen molar-refractivity contribution in [1.82, 2.24) is 0 Å². The fourth-order valence-corrected chi connectivity index (χ4v) is 1.32. The maximum absolute atomic E-state index is 5.93. The minimum Gasteiger partial charge on any atom is -0.398 e. The Bertz CT molecular complexity index is 245. The molecule has 0 heterocycles. The van der Waals surface area contributed by atoms with E-state index in [1.807, 2.05) is 24.3 Å². The van der Waals surface area contributed by atoms with Crippen LogP contribution in [0.5, 0.6) is 0 Å². The molecule has 0 radical (unpaired) electrons. The van der Waals surface area contributed by atoms with Gasteiger partial charge in [0.2, 0.25) is 0 Å². The Balaban J connectivity index is 2.79. The van der Waals surface area contributed by atoms with Gasteiger partial charge in [0.1, 0.15) is 0 Å². The van der Waals surface area contributed by atoms with Crippen LogP contribution in [0.4, 0.5) is 5.69 Å². The molecule has 2 nitrogen and oxygen atoms in total. The van der Waals surface area contributed by atoms with E-state index in [-0.39, 0.29) is 6.04 Å². The van der Waals surface area contributed by atoms with Crippen molar-refractivity contribution in [2.45, 2.75) is 25.8 Å². The Morgan fingerprint density at radius 1 is 1.33 bits per heavy atom. The van der Waals surface area contributed by atoms with Gasteiger partial charge in [-0.2, -0.15) is 0 Å². The van der Waals surface area contributed by atoms with Gasteiger partial charge in [-0.05, 0) is 18.1 Å². The Labute approximate surface area is 73.6 Å². The first-order valence-corrected chi connectivity index (χ1v) is 4.35. The van der Waals surface area contributed by atoms with Crippen LogP contribution in [0.3, 0.4) is 0 Å². The first kappa shape index (κ1) is 9.07. The van der Waals surface area contributed by atoms with Crippen LogP contribution < -0.4 is 11.5 Å². The second-order valence-corrected chi connectivity index (χ2v) is 3.02. The lowest BCUT2D eigenvalue weighted by atomic mass is 10.0. The normalized spacial score (nSPS) is 12.8. The van der Waals surface area contributed by atoms with Crippen LogP contribution in [0.25, 0.3) is 0 Å². The van der Waals surface area contributed by atoms with Crippen molar-refractivity contribution in [3.8, 4) is 0 Å². The minimum absolute atomic E-state index is 0.0937. The predicted octanol–water partition coefficient (Wildman–Crippen LogP) is 2.07. The van der Waals surface area contributed by atoms with Crippen molar-refractivity contribution in [1.29, 1.82) is 0 Å². The summed E-state index contributed by atoms with van der Waals surface area (Å²) in [5.41, 5.74) is 13.6. The summed E-state index contributed by atoms with van der Waals surface area (Å²) < 4.78 is 0. The molecule has 0 saturated heterocycles. The van der Waals surface area contributed by atoms with E-state index in [9.17, 15) is 0 Å². The Hall–Kier alpha value is -1.02. The molecule has 0 aromatic heterocycles. The first-order valence-electron chi connectivity index (χ1n) is 4.35. The quantitative estimate of drug-likeness (QED) is 0.672. The molecule has 0 aliphatic heterocycles. The molecule has 1 rings (SSSR count). The van der Waals surface area contributed by atoms with Gasteiger partial charge in [0.25, 0.3) is 0 Å². The third-order valence-corrected chi connectivity index (χ3v) is 2.00. The average Bonchev–Trinajstić information content (AvgIpc) is 2.05. The molecule has 2 heteroatoms. The molecule has 0 amide bonds. The largest absolute Gasteiger partial charge is 0.398 e. The maximum Gasteiger partial charge on any atom is 0.0362 e. The van der Waals surface area contributed by atoms with Crippen LogP contribution >= 0.6 is 0 Å². The molecule has 1 atom stereocenters. The highest BCUT2D eigenvalue weighted by atomic mass is 14.7. The summed E-state index contributed by atoms with van der Waals surface area (Å²) in [7, 11) is 0. The summed E-state index contributed by atoms with van der Waals surface area (Å²) in [6.45, 7) is 2.12. The summed E-state index contributed by atoms with van der Waals surface area (Å²) in [6, 6.07) is 7.88. The molecular formula is C10H16N2. The van der Waals surface area contributed by atoms with E-state index in [4.69, 9.17) is 11.5 Å². The monoisotopic (exact) mass is 164 g/mol. The summed E-state index contributed by atoms with van der Waals surface area (Å²) in [6.07, 6.45) is 2.09. The van der Waals surface area contributed by atoms with E-state index in [2.05, 4.69) is 6.92 Å². The molecular weight excluding hydrogens is 148 g/mol. The number of anilines is 1. The highest BCUT2D eigenvalue weighted by Crippen LogP contribution is 2.21. The van der Waals surface area contributed by atoms with E-state index < -0.39 is 0 Å². The molecule has 12 heavy (non-hydrogen) atoms. The topological polar surface area (TPSA) is 52.0 Å². The minimum atomic E-state index is 0.0937. The van der Waals surface area contributed by atoms with E-state index >= 15 is 0 Å². The molecule has 1 aromatic carbocycles. The van der Waals surface area contributed by atoms with Crippen LogP contribution in [0.15, 0.2) is 24.3 Å². The summed E-state index contributed by atoms with van der Waals surface area (Å²) in [4.78, 5) is 0. The van der Waals surface area contributed by atoms with E-state index in [0.29, 0.717) is 0 Å². The van der Waals surface area contributed by atoms with Crippen LogP contribution in [0.1, 0.15) is 31.4 Å². The molecule has 0 aliphatic carbocycles. The fraction of sp³-hybridized carbons (Fsp3) is 0.400. The first-order chi connectivity index (χ1) is 5.75. The smallest absolute Gasteiger partial charge is 0.0362 e. The fourth-order valence-electron chi connectivity index (χ4n) is 1.32. The second-order valence-electron chi connectivity index (χ2n) is 3.02. The molecule has 1 aromatic rings. The molecule has 0 bridgehead atoms. The van der Waals surface area contributed by atoms with Gasteiger partial charge in [-0.25, -0.2) is 0 Å². The number of benzene rings is 1. The zero-order chi connectivity index (χ0) is 8.97. The van der Waals surface area contributed by atoms with Crippen molar-refractivity contribution in [3.63, 3.8) is 0 Å². The van der Waals surface area contributed by atoms with Gasteiger partial charge in [-0.1, -0.05) is 31.5 Å². The van der Waals surface area contributed by atoms with Crippen LogP contribution in [0, 0.1) is 0 Å². The van der Waals surface area contributed by atoms with Crippen molar-refractivity contribution in [2.75, 3.05) is 5.73 Å². The zero-order valence-electron chi connectivity index (χ0n) is 7.46. The molecule has 4 N–H and O–H groups in total. The summed E-state index contributed by atoms with van der Waals surface area (Å²) in [5.74, 6) is 0. The third kappa shape index (κ3) is 1.98. The van der Waals surface area contributed by atoms with Crippen molar-refractivity contribution < 1.29 is 0 Å². The van der Waals surface area contributed by atoms with Gasteiger partial charge in [0.05, 0.1) is 0 Å². The molecule has 0 aliphatic rings. The molecule has 0 fully saturated rings. The number of para-hydroxylation sites is 1. The zero-order valence-corrected chi connectivity index (χ0v) is 7.46. The lowest BCUT2D eigenvalue weighted by Gasteiger charge is -2.12. The van der Waals surface area contributed by atoms with Gasteiger partial charge in [-0.15, -0.1) is 0 Å². The highest BCUT2D eigenvalue weighted by Gasteiger charge is 2.06. The third-order valence-electron chi connectivity index (χ3n) is 2.00. The Kier molecular flexibility index (Phi) is 3.11. The van der Waals surface area contributed by atoms with Crippen molar-refractivity contribution in [3.05, 3.63) is 29.8 Å². The number of rotatable bonds is 3. The van der Waals surface area contributed by atoms with Gasteiger partial charge in [0, 0.05) is 11.7 Å². The molecule has 0 spiro atoms. The van der Waals surface area contributed by atoms with Gasteiger partial charge in [0.15, 0.2) is 0 Å². The van der Waals surface area contributed by atoms with Crippen LogP contribution in [-0.2, 0) is 0 Å². The van der Waals surface area contributed by atoms with Crippen molar-refractivity contribution >= 4 is 5.69 Å². The second kappa shape index (κ2) is 4.12. The maximum atomic E-state index is 5.93. The number of hydrogen-bond acceptors (Lipinski definition) is 2. The van der Waals surface area contributed by atoms with E-state index in [0.717, 1.165) is 24.1 Å². The lowest BCUT2D eigenvalue weighted by Crippen LogP contribution is -2.11. The lowest BCUT2D eigenvalue weighted by molar-refractivity contribution is 0.640. The summed E-state index contributed by atoms with van der Waals surface area (Å²) in [5, 5.41) is 0. The number of nitrogens with two attached hydrogens (primary N) is 2. The standard InChI is InChI=1S/C10H16N2/c1-2-5-9(11)8-6-3-4-7-10(8)12/h3-4,6-7,9H,2,5,11-12H2,1H3. The van der Waals surface area contributed by atoms with Gasteiger partial charge >= 0.3 is 0 Å². The van der Waals surface area contributed by atoms with Gasteiger partial charge in [-0.3, -0.25) is 0 Å². The van der Waals surface area contributed by atoms with Crippen molar-refractivity contribution in [2.24, 2.45) is 5.73 Å². The van der Waals surface area contributed by atoms with E-state index in [1.54, 1.807) is 0 Å². The Morgan fingerprint density at radius 2 is 2.00 bits per heavy atom. The molecule has 1 unspecified atom stereocenters. The van der Waals surface area contributed by atoms with E-state index in [1.165, 1.54) is 0 Å². The highest BCUT2D eigenvalue weighted by molar-refractivity contribution is 5.47. The summed E-state index contributed by atoms with van der Waals surface area (Å²) >= 11 is 0. The molecule has 0 saturated carbocycles. The Morgan fingerprint density at radius 3 is 2.58 bits per heavy atom. The van der Waals surface area contributed by atoms with Gasteiger partial charge < -0.3 is 11.5 Å². The van der Waals surface area contributed by atoms with Crippen LogP contribution in [-0.4, -0.2) is 0 Å². The SMILES string of the molecule is CCCC(N)c1ccccc1N. The predicted molar refractivity (Wildman–Crippen MR) is 52.7 cm³/mol. The average molecular weight is 164 g/mol. The number of hydrogen-bond donors (Lipinski definition) is 2. The number of nitrogen functional groups attached to an aromatic ring is 1. The van der Waals surface area contributed by atoms with Crippen LogP contribution in [0.2, 0.25) is 0 Å². The molecule has 66 valence electrons.